The van der Waals surface area contributed by atoms with E-state index >= 15 is 0 Å². The lowest BCUT2D eigenvalue weighted by Gasteiger charge is -2.23. The van der Waals surface area contributed by atoms with Crippen LogP contribution in [0, 0.1) is 6.92 Å². The van der Waals surface area contributed by atoms with Crippen molar-refractivity contribution in [3.8, 4) is 5.75 Å². The molecule has 0 aliphatic carbocycles. The van der Waals surface area contributed by atoms with Crippen LogP contribution in [0.1, 0.15) is 16.7 Å². The van der Waals surface area contributed by atoms with E-state index < -0.39 is 0 Å². The fourth-order valence-electron chi connectivity index (χ4n) is 2.75. The van der Waals surface area contributed by atoms with Crippen molar-refractivity contribution in [1.82, 2.24) is 4.90 Å². The van der Waals surface area contributed by atoms with Gasteiger partial charge in [-0.25, -0.2) is 0 Å². The number of nitrogens with zero attached hydrogens (tertiary/aromatic N) is 1. The summed E-state index contributed by atoms with van der Waals surface area (Å²) in [6.07, 6.45) is 1.16. The third-order valence-electron chi connectivity index (χ3n) is 4.04. The first-order chi connectivity index (χ1) is 11.6. The lowest BCUT2D eigenvalue weighted by Crippen LogP contribution is -2.38. The SMILES string of the molecule is COc1ccc(C)cc1CC(=O)N(CCN)CCc1ccccc1. The number of carbonyl (C=O) groups is 1. The highest BCUT2D eigenvalue weighted by molar-refractivity contribution is 5.79. The van der Waals surface area contributed by atoms with E-state index in [0.29, 0.717) is 26.1 Å². The molecule has 0 unspecified atom stereocenters. The highest BCUT2D eigenvalue weighted by atomic mass is 16.5. The van der Waals surface area contributed by atoms with Gasteiger partial charge in [-0.2, -0.15) is 0 Å². The van der Waals surface area contributed by atoms with E-state index in [1.54, 1.807) is 7.11 Å². The smallest absolute Gasteiger partial charge is 0.227 e. The molecule has 0 spiro atoms. The average molecular weight is 326 g/mol. The minimum Gasteiger partial charge on any atom is -0.496 e. The van der Waals surface area contributed by atoms with Gasteiger partial charge in [0.25, 0.3) is 0 Å². The maximum atomic E-state index is 12.7. The molecule has 0 bridgehead atoms. The summed E-state index contributed by atoms with van der Waals surface area (Å²) in [5.74, 6) is 0.838. The van der Waals surface area contributed by atoms with Crippen molar-refractivity contribution in [3.63, 3.8) is 0 Å². The molecule has 2 rings (SSSR count). The molecule has 0 aromatic heterocycles. The van der Waals surface area contributed by atoms with Crippen molar-refractivity contribution in [2.24, 2.45) is 5.73 Å². The molecule has 0 aliphatic rings. The Morgan fingerprint density at radius 2 is 1.88 bits per heavy atom. The second-order valence-electron chi connectivity index (χ2n) is 5.90. The normalized spacial score (nSPS) is 10.5. The van der Waals surface area contributed by atoms with Crippen LogP contribution in [0.4, 0.5) is 0 Å². The first-order valence-corrected chi connectivity index (χ1v) is 8.29. The Labute approximate surface area is 144 Å². The van der Waals surface area contributed by atoms with Crippen molar-refractivity contribution in [2.75, 3.05) is 26.7 Å². The summed E-state index contributed by atoms with van der Waals surface area (Å²) < 4.78 is 5.37. The molecular formula is C20H26N2O2. The van der Waals surface area contributed by atoms with Gasteiger partial charge >= 0.3 is 0 Å². The maximum absolute atomic E-state index is 12.7. The number of benzene rings is 2. The van der Waals surface area contributed by atoms with Crippen molar-refractivity contribution < 1.29 is 9.53 Å². The van der Waals surface area contributed by atoms with Crippen LogP contribution in [0.5, 0.6) is 5.75 Å². The summed E-state index contributed by atoms with van der Waals surface area (Å²) in [7, 11) is 1.63. The summed E-state index contributed by atoms with van der Waals surface area (Å²) in [5.41, 5.74) is 8.95. The van der Waals surface area contributed by atoms with E-state index in [1.165, 1.54) is 5.56 Å². The molecule has 1 amide bonds. The Kier molecular flexibility index (Phi) is 6.82. The number of ether oxygens (including phenoxy) is 1. The van der Waals surface area contributed by atoms with Crippen molar-refractivity contribution >= 4 is 5.91 Å². The largest absolute Gasteiger partial charge is 0.496 e. The van der Waals surface area contributed by atoms with E-state index in [4.69, 9.17) is 10.5 Å². The molecule has 0 saturated carbocycles. The maximum Gasteiger partial charge on any atom is 0.227 e. The van der Waals surface area contributed by atoms with Crippen LogP contribution >= 0.6 is 0 Å². The number of methoxy groups -OCH3 is 1. The van der Waals surface area contributed by atoms with E-state index in [-0.39, 0.29) is 5.91 Å². The molecule has 0 radical (unpaired) electrons. The highest BCUT2D eigenvalue weighted by Crippen LogP contribution is 2.21. The van der Waals surface area contributed by atoms with E-state index in [0.717, 1.165) is 23.3 Å². The molecule has 0 heterocycles. The predicted octanol–water partition coefficient (Wildman–Crippen LogP) is 2.58. The number of amides is 1. The molecule has 0 fully saturated rings. The fourth-order valence-corrected chi connectivity index (χ4v) is 2.75. The second-order valence-corrected chi connectivity index (χ2v) is 5.90. The molecule has 0 aliphatic heterocycles. The Bertz CT molecular complexity index is 656. The molecular weight excluding hydrogens is 300 g/mol. The van der Waals surface area contributed by atoms with E-state index in [2.05, 4.69) is 12.1 Å². The molecule has 2 aromatic carbocycles. The summed E-state index contributed by atoms with van der Waals surface area (Å²) in [6.45, 7) is 3.72. The van der Waals surface area contributed by atoms with Gasteiger partial charge in [0.05, 0.1) is 13.5 Å². The molecule has 0 saturated heterocycles. The minimum absolute atomic E-state index is 0.0836. The summed E-state index contributed by atoms with van der Waals surface area (Å²) in [6, 6.07) is 16.1. The molecule has 128 valence electrons. The quantitative estimate of drug-likeness (QED) is 0.811. The van der Waals surface area contributed by atoms with Gasteiger partial charge in [0.2, 0.25) is 5.91 Å². The summed E-state index contributed by atoms with van der Waals surface area (Å²) in [5, 5.41) is 0. The Morgan fingerprint density at radius 3 is 2.54 bits per heavy atom. The van der Waals surface area contributed by atoms with E-state index in [9.17, 15) is 4.79 Å². The molecule has 4 nitrogen and oxygen atoms in total. The summed E-state index contributed by atoms with van der Waals surface area (Å²) >= 11 is 0. The zero-order valence-electron chi connectivity index (χ0n) is 14.5. The van der Waals surface area contributed by atoms with Crippen LogP contribution in [0.15, 0.2) is 48.5 Å². The topological polar surface area (TPSA) is 55.6 Å². The molecule has 2 N–H and O–H groups in total. The predicted molar refractivity (Wildman–Crippen MR) is 97.2 cm³/mol. The third-order valence-corrected chi connectivity index (χ3v) is 4.04. The molecule has 2 aromatic rings. The van der Waals surface area contributed by atoms with Crippen LogP contribution in [0.2, 0.25) is 0 Å². The number of carbonyl (C=O) groups excluding carboxylic acids is 1. The third kappa shape index (κ3) is 5.10. The Balaban J connectivity index is 2.04. The van der Waals surface area contributed by atoms with Crippen LogP contribution < -0.4 is 10.5 Å². The minimum atomic E-state index is 0.0836. The first kappa shape index (κ1) is 18.0. The van der Waals surface area contributed by atoms with Gasteiger partial charge in [-0.1, -0.05) is 48.0 Å². The zero-order chi connectivity index (χ0) is 17.4. The van der Waals surface area contributed by atoms with Crippen LogP contribution in [-0.2, 0) is 17.6 Å². The zero-order valence-corrected chi connectivity index (χ0v) is 14.5. The number of hydrogen-bond acceptors (Lipinski definition) is 3. The Morgan fingerprint density at radius 1 is 1.12 bits per heavy atom. The van der Waals surface area contributed by atoms with Crippen LogP contribution in [0.25, 0.3) is 0 Å². The monoisotopic (exact) mass is 326 g/mol. The van der Waals surface area contributed by atoms with Gasteiger partial charge in [0.15, 0.2) is 0 Å². The van der Waals surface area contributed by atoms with Gasteiger partial charge in [0, 0.05) is 25.2 Å². The van der Waals surface area contributed by atoms with Crippen molar-refractivity contribution in [3.05, 3.63) is 65.2 Å². The van der Waals surface area contributed by atoms with E-state index in [1.807, 2.05) is 48.2 Å². The van der Waals surface area contributed by atoms with Gasteiger partial charge in [0.1, 0.15) is 5.75 Å². The first-order valence-electron chi connectivity index (χ1n) is 8.29. The fraction of sp³-hybridized carbons (Fsp3) is 0.350. The number of hydrogen-bond donors (Lipinski definition) is 1. The van der Waals surface area contributed by atoms with Crippen molar-refractivity contribution in [1.29, 1.82) is 0 Å². The van der Waals surface area contributed by atoms with Crippen LogP contribution in [-0.4, -0.2) is 37.6 Å². The lowest BCUT2D eigenvalue weighted by atomic mass is 10.1. The lowest BCUT2D eigenvalue weighted by molar-refractivity contribution is -0.130. The number of aryl methyl sites for hydroxylation is 1. The van der Waals surface area contributed by atoms with Crippen molar-refractivity contribution in [2.45, 2.75) is 19.8 Å². The molecule has 0 atom stereocenters. The van der Waals surface area contributed by atoms with Crippen LogP contribution in [0.3, 0.4) is 0 Å². The molecule has 24 heavy (non-hydrogen) atoms. The van der Waals surface area contributed by atoms with Gasteiger partial charge in [-0.15, -0.1) is 0 Å². The standard InChI is InChI=1S/C20H26N2O2/c1-16-8-9-19(24-2)18(14-16)15-20(23)22(13-11-21)12-10-17-6-4-3-5-7-17/h3-9,14H,10-13,15,21H2,1-2H3. The molecule has 4 heteroatoms. The van der Waals surface area contributed by atoms with Gasteiger partial charge < -0.3 is 15.4 Å². The number of rotatable bonds is 8. The highest BCUT2D eigenvalue weighted by Gasteiger charge is 2.16. The van der Waals surface area contributed by atoms with Gasteiger partial charge in [-0.05, 0) is 25.0 Å². The Hall–Kier alpha value is -2.33. The second kappa shape index (κ2) is 9.08. The number of nitrogens with two attached hydrogens (primary N) is 1. The van der Waals surface area contributed by atoms with Gasteiger partial charge in [-0.3, -0.25) is 4.79 Å². The summed E-state index contributed by atoms with van der Waals surface area (Å²) in [4.78, 5) is 14.6. The average Bonchev–Trinajstić information content (AvgIpc) is 2.59.